The fourth-order valence-electron chi connectivity index (χ4n) is 10.1. The molecule has 0 heterocycles. The van der Waals surface area contributed by atoms with Crippen LogP contribution < -0.4 is 0 Å². The number of carbonyl (C=O) groups is 3. The molecule has 0 aliphatic rings. The van der Waals surface area contributed by atoms with Gasteiger partial charge < -0.3 is 14.2 Å². The van der Waals surface area contributed by atoms with E-state index in [2.05, 4.69) is 118 Å². The molecule has 0 aliphatic carbocycles. The van der Waals surface area contributed by atoms with Gasteiger partial charge in [-0.3, -0.25) is 14.4 Å². The van der Waals surface area contributed by atoms with Gasteiger partial charge in [-0.2, -0.15) is 0 Å². The van der Waals surface area contributed by atoms with Crippen LogP contribution in [0.3, 0.4) is 0 Å². The van der Waals surface area contributed by atoms with Crippen molar-refractivity contribution in [1.29, 1.82) is 0 Å². The van der Waals surface area contributed by atoms with Gasteiger partial charge in [0.25, 0.3) is 0 Å². The van der Waals surface area contributed by atoms with Crippen molar-refractivity contribution in [3.63, 3.8) is 0 Å². The third kappa shape index (κ3) is 67.1. The number of esters is 3. The summed E-state index contributed by atoms with van der Waals surface area (Å²) >= 11 is 0. The van der Waals surface area contributed by atoms with Gasteiger partial charge in [-0.1, -0.05) is 323 Å². The normalized spacial score (nSPS) is 12.7. The zero-order chi connectivity index (χ0) is 59.2. The first-order valence-electron chi connectivity index (χ1n) is 35.2. The lowest BCUT2D eigenvalue weighted by atomic mass is 10.0. The quantitative estimate of drug-likeness (QED) is 0.0261. The summed E-state index contributed by atoms with van der Waals surface area (Å²) in [5, 5.41) is 0. The fraction of sp³-hybridized carbons (Fsp3) is 0.750. The molecule has 1 unspecified atom stereocenters. The van der Waals surface area contributed by atoms with E-state index >= 15 is 0 Å². The zero-order valence-corrected chi connectivity index (χ0v) is 54.2. The van der Waals surface area contributed by atoms with Crippen molar-refractivity contribution >= 4 is 17.9 Å². The summed E-state index contributed by atoms with van der Waals surface area (Å²) in [4.78, 5) is 38.2. The highest BCUT2D eigenvalue weighted by atomic mass is 16.6. The summed E-state index contributed by atoms with van der Waals surface area (Å²) in [6.45, 7) is 6.53. The number of carbonyl (C=O) groups excluding carboxylic acids is 3. The van der Waals surface area contributed by atoms with Crippen LogP contribution >= 0.6 is 0 Å². The van der Waals surface area contributed by atoms with E-state index in [1.165, 1.54) is 205 Å². The van der Waals surface area contributed by atoms with Crippen LogP contribution in [0.5, 0.6) is 0 Å². The van der Waals surface area contributed by atoms with Crippen molar-refractivity contribution < 1.29 is 28.6 Å². The topological polar surface area (TPSA) is 78.9 Å². The standard InChI is InChI=1S/C76H132O6/c1-4-7-10-13-16-19-21-23-25-27-29-31-32-33-34-35-36-37-38-39-40-41-42-43-44-46-47-49-51-53-55-57-60-63-66-69-75(78)81-72-73(71-80-74(77)68-65-62-59-18-15-12-9-6-3)82-76(79)70-67-64-61-58-56-54-52-50-48-45-30-28-26-24-22-20-17-14-11-8-5-2/h7,10,16,19,23,25,28-31,33-34,36-37,39-40,73H,4-6,8-9,11-15,17-18,20-22,24,26-27,32,35,38,41-72H2,1-3H3/b10-7-,19-16-,25-23-,30-28-,31-29-,34-33-,37-36-,40-39-. The van der Waals surface area contributed by atoms with Crippen LogP contribution in [0.15, 0.2) is 97.2 Å². The van der Waals surface area contributed by atoms with E-state index in [0.29, 0.717) is 19.3 Å². The molecule has 0 aliphatic heterocycles. The van der Waals surface area contributed by atoms with Crippen molar-refractivity contribution in [1.82, 2.24) is 0 Å². The minimum absolute atomic E-state index is 0.0738. The fourth-order valence-corrected chi connectivity index (χ4v) is 10.1. The lowest BCUT2D eigenvalue weighted by molar-refractivity contribution is -0.167. The Kier molecular flexibility index (Phi) is 66.7. The Morgan fingerprint density at radius 1 is 0.256 bits per heavy atom. The molecule has 6 heteroatoms. The van der Waals surface area contributed by atoms with Crippen LogP contribution in [-0.4, -0.2) is 37.2 Å². The van der Waals surface area contributed by atoms with Gasteiger partial charge in [-0.15, -0.1) is 0 Å². The van der Waals surface area contributed by atoms with Gasteiger partial charge in [0.05, 0.1) is 0 Å². The van der Waals surface area contributed by atoms with E-state index in [-0.39, 0.29) is 31.1 Å². The van der Waals surface area contributed by atoms with Crippen molar-refractivity contribution in [2.75, 3.05) is 13.2 Å². The number of unbranched alkanes of at least 4 members (excludes halogenated alkanes) is 37. The largest absolute Gasteiger partial charge is 0.462 e. The Morgan fingerprint density at radius 3 is 0.756 bits per heavy atom. The maximum atomic E-state index is 12.9. The Hall–Kier alpha value is -3.67. The minimum atomic E-state index is -0.776. The molecule has 82 heavy (non-hydrogen) atoms. The Morgan fingerprint density at radius 2 is 0.476 bits per heavy atom. The molecule has 0 saturated heterocycles. The van der Waals surface area contributed by atoms with E-state index in [1.807, 2.05) is 0 Å². The molecule has 6 nitrogen and oxygen atoms in total. The van der Waals surface area contributed by atoms with Crippen molar-refractivity contribution in [3.05, 3.63) is 97.2 Å². The van der Waals surface area contributed by atoms with Crippen LogP contribution in [0, 0.1) is 0 Å². The van der Waals surface area contributed by atoms with E-state index in [1.54, 1.807) is 0 Å². The molecule has 0 bridgehead atoms. The minimum Gasteiger partial charge on any atom is -0.462 e. The summed E-state index contributed by atoms with van der Waals surface area (Å²) in [6.07, 6.45) is 94.5. The maximum absolute atomic E-state index is 12.9. The SMILES string of the molecule is CC/C=C\C/C=C\C/C=C\C/C=C\C/C=C\C/C=C\C/C=C\CCCCCCCCCCCCCCCC(=O)OCC(COC(=O)CCCCCCCCCC)OC(=O)CCCCCCCCCCC/C=C\CCCCCCCCCC. The van der Waals surface area contributed by atoms with E-state index in [0.717, 1.165) is 103 Å². The zero-order valence-electron chi connectivity index (χ0n) is 54.2. The molecule has 0 rings (SSSR count). The highest BCUT2D eigenvalue weighted by molar-refractivity contribution is 5.71. The average Bonchev–Trinajstić information content (AvgIpc) is 3.47. The number of ether oxygens (including phenoxy) is 3. The molecule has 1 atom stereocenters. The second-order valence-electron chi connectivity index (χ2n) is 23.4. The lowest BCUT2D eigenvalue weighted by Crippen LogP contribution is -2.30. The number of rotatable bonds is 64. The number of allylic oxidation sites excluding steroid dienone is 16. The van der Waals surface area contributed by atoms with E-state index in [9.17, 15) is 14.4 Å². The third-order valence-electron chi connectivity index (χ3n) is 15.3. The van der Waals surface area contributed by atoms with Gasteiger partial charge in [-0.05, 0) is 103 Å². The maximum Gasteiger partial charge on any atom is 0.306 e. The van der Waals surface area contributed by atoms with Gasteiger partial charge in [-0.25, -0.2) is 0 Å². The van der Waals surface area contributed by atoms with E-state index in [4.69, 9.17) is 14.2 Å². The second kappa shape index (κ2) is 69.8. The molecular formula is C76H132O6. The van der Waals surface area contributed by atoms with E-state index < -0.39 is 6.10 Å². The molecule has 0 radical (unpaired) electrons. The highest BCUT2D eigenvalue weighted by Gasteiger charge is 2.19. The highest BCUT2D eigenvalue weighted by Crippen LogP contribution is 2.17. The van der Waals surface area contributed by atoms with Crippen LogP contribution in [0.25, 0.3) is 0 Å². The smallest absolute Gasteiger partial charge is 0.306 e. The van der Waals surface area contributed by atoms with Crippen molar-refractivity contribution in [2.45, 2.75) is 354 Å². The lowest BCUT2D eigenvalue weighted by Gasteiger charge is -2.18. The molecule has 0 N–H and O–H groups in total. The average molecular weight is 1140 g/mol. The second-order valence-corrected chi connectivity index (χ2v) is 23.4. The van der Waals surface area contributed by atoms with Crippen molar-refractivity contribution in [2.24, 2.45) is 0 Å². The van der Waals surface area contributed by atoms with Crippen LogP contribution in [0.1, 0.15) is 348 Å². The molecule has 0 saturated carbocycles. The van der Waals surface area contributed by atoms with Gasteiger partial charge >= 0.3 is 17.9 Å². The summed E-state index contributed by atoms with van der Waals surface area (Å²) in [5.41, 5.74) is 0. The Labute approximate surface area is 508 Å². The third-order valence-corrected chi connectivity index (χ3v) is 15.3. The van der Waals surface area contributed by atoms with Crippen LogP contribution in [0.2, 0.25) is 0 Å². The molecule has 0 aromatic heterocycles. The molecule has 0 amide bonds. The molecule has 0 aromatic carbocycles. The molecule has 472 valence electrons. The molecule has 0 aromatic rings. The number of hydrogen-bond acceptors (Lipinski definition) is 6. The Bertz CT molecular complexity index is 1590. The first kappa shape index (κ1) is 78.3. The van der Waals surface area contributed by atoms with Crippen LogP contribution in [-0.2, 0) is 28.6 Å². The molecular weight excluding hydrogens is 1010 g/mol. The van der Waals surface area contributed by atoms with Gasteiger partial charge in [0, 0.05) is 19.3 Å². The van der Waals surface area contributed by atoms with Gasteiger partial charge in [0.2, 0.25) is 0 Å². The first-order valence-corrected chi connectivity index (χ1v) is 35.2. The first-order chi connectivity index (χ1) is 40.5. The number of hydrogen-bond donors (Lipinski definition) is 0. The predicted octanol–water partition coefficient (Wildman–Crippen LogP) is 24.4. The van der Waals surface area contributed by atoms with Crippen LogP contribution in [0.4, 0.5) is 0 Å². The molecule has 0 spiro atoms. The summed E-state index contributed by atoms with van der Waals surface area (Å²) in [6, 6.07) is 0. The van der Waals surface area contributed by atoms with Gasteiger partial charge in [0.1, 0.15) is 13.2 Å². The molecule has 0 fully saturated rings. The summed E-state index contributed by atoms with van der Waals surface area (Å²) in [7, 11) is 0. The van der Waals surface area contributed by atoms with Crippen molar-refractivity contribution in [3.8, 4) is 0 Å². The monoisotopic (exact) mass is 1140 g/mol. The summed E-state index contributed by atoms with van der Waals surface area (Å²) in [5.74, 6) is -0.866. The van der Waals surface area contributed by atoms with Gasteiger partial charge in [0.15, 0.2) is 6.10 Å². The predicted molar refractivity (Wildman–Crippen MR) is 357 cm³/mol. The Balaban J connectivity index is 4.09. The summed E-state index contributed by atoms with van der Waals surface area (Å²) < 4.78 is 16.9.